The van der Waals surface area contributed by atoms with Crippen molar-refractivity contribution in [2.24, 2.45) is 0 Å². The van der Waals surface area contributed by atoms with Crippen LogP contribution in [0.15, 0.2) is 42.5 Å². The molecule has 0 unspecified atom stereocenters. The van der Waals surface area contributed by atoms with Gasteiger partial charge in [-0.2, -0.15) is 0 Å². The number of hydrogen-bond donors (Lipinski definition) is 0. The van der Waals surface area contributed by atoms with Crippen molar-refractivity contribution >= 4 is 10.8 Å². The normalized spacial score (nSPS) is 11.6. The van der Waals surface area contributed by atoms with Gasteiger partial charge in [0.1, 0.15) is 6.54 Å². The van der Waals surface area contributed by atoms with Crippen LogP contribution in [0, 0.1) is 0 Å². The highest BCUT2D eigenvalue weighted by atomic mass is 35.5. The van der Waals surface area contributed by atoms with E-state index >= 15 is 0 Å². The Kier molecular flexibility index (Phi) is 13.3. The summed E-state index contributed by atoms with van der Waals surface area (Å²) in [6.45, 7) is 4.70. The maximum Gasteiger partial charge on any atom is 0.104 e. The minimum absolute atomic E-state index is 0. The Labute approximate surface area is 186 Å². The van der Waals surface area contributed by atoms with E-state index in [4.69, 9.17) is 0 Å². The van der Waals surface area contributed by atoms with E-state index in [1.54, 1.807) is 0 Å². The third kappa shape index (κ3) is 11.1. The van der Waals surface area contributed by atoms with Crippen LogP contribution in [0.4, 0.5) is 0 Å². The maximum absolute atomic E-state index is 2.38. The van der Waals surface area contributed by atoms with Crippen LogP contribution in [-0.2, 0) is 6.54 Å². The van der Waals surface area contributed by atoms with Gasteiger partial charge in [0.05, 0.1) is 20.6 Å². The molecule has 0 N–H and O–H groups in total. The minimum Gasteiger partial charge on any atom is -1.00 e. The van der Waals surface area contributed by atoms with E-state index in [9.17, 15) is 0 Å². The number of halogens is 1. The summed E-state index contributed by atoms with van der Waals surface area (Å²) in [5.41, 5.74) is 1.46. The predicted octanol–water partition coefficient (Wildman–Crippen LogP) is 5.12. The fourth-order valence-corrected chi connectivity index (χ4v) is 4.29. The lowest BCUT2D eigenvalue weighted by Gasteiger charge is -2.30. The lowest BCUT2D eigenvalue weighted by molar-refractivity contribution is -0.903. The van der Waals surface area contributed by atoms with Gasteiger partial charge in [0.15, 0.2) is 0 Å². The SMILES string of the molecule is CCCCCCCCCCCCCC[N+](C)(C)Cc1ccc2ccccc2c1.[Cl-]. The second-order valence-corrected chi connectivity index (χ2v) is 9.39. The van der Waals surface area contributed by atoms with Gasteiger partial charge < -0.3 is 16.9 Å². The molecule has 2 heteroatoms. The molecule has 0 spiro atoms. The summed E-state index contributed by atoms with van der Waals surface area (Å²) in [6, 6.07) is 15.6. The molecule has 164 valence electrons. The Balaban J connectivity index is 0.00000420. The molecule has 0 heterocycles. The first-order valence-electron chi connectivity index (χ1n) is 11.9. The number of hydrogen-bond acceptors (Lipinski definition) is 0. The van der Waals surface area contributed by atoms with Crippen molar-refractivity contribution in [2.45, 2.75) is 90.5 Å². The van der Waals surface area contributed by atoms with Crippen LogP contribution in [0.2, 0.25) is 0 Å². The number of quaternary nitrogens is 1. The van der Waals surface area contributed by atoms with Crippen molar-refractivity contribution < 1.29 is 16.9 Å². The molecule has 1 nitrogen and oxygen atoms in total. The van der Waals surface area contributed by atoms with Gasteiger partial charge in [-0.3, -0.25) is 0 Å². The van der Waals surface area contributed by atoms with Gasteiger partial charge in [-0.15, -0.1) is 0 Å². The monoisotopic (exact) mass is 417 g/mol. The Bertz CT molecular complexity index is 664. The zero-order valence-electron chi connectivity index (χ0n) is 19.3. The van der Waals surface area contributed by atoms with Crippen molar-refractivity contribution in [3.8, 4) is 0 Å². The average Bonchev–Trinajstić information content (AvgIpc) is 2.68. The standard InChI is InChI=1S/C27H44N.ClH/c1-4-5-6-7-8-9-10-11-12-13-14-17-22-28(2,3)24-25-20-21-26-18-15-16-19-27(26)23-25;/h15-16,18-21,23H,4-14,17,22,24H2,1-3H3;1H/q+1;/p-1. The summed E-state index contributed by atoms with van der Waals surface area (Å²) >= 11 is 0. The van der Waals surface area contributed by atoms with Crippen LogP contribution in [0.25, 0.3) is 10.8 Å². The Morgan fingerprint density at radius 1 is 0.621 bits per heavy atom. The molecule has 29 heavy (non-hydrogen) atoms. The first kappa shape index (κ1) is 26.0. The summed E-state index contributed by atoms with van der Waals surface area (Å²) < 4.78 is 1.09. The molecule has 0 saturated heterocycles. The molecule has 2 rings (SSSR count). The first-order valence-corrected chi connectivity index (χ1v) is 11.9. The van der Waals surface area contributed by atoms with E-state index in [0.717, 1.165) is 11.0 Å². The van der Waals surface area contributed by atoms with Gasteiger partial charge in [0.2, 0.25) is 0 Å². The molecule has 0 aliphatic rings. The van der Waals surface area contributed by atoms with Gasteiger partial charge >= 0.3 is 0 Å². The Hall–Kier alpha value is -1.05. The van der Waals surface area contributed by atoms with Crippen molar-refractivity contribution in [3.05, 3.63) is 48.0 Å². The molecular formula is C27H44ClN. The van der Waals surface area contributed by atoms with Crippen LogP contribution in [0.5, 0.6) is 0 Å². The molecule has 0 atom stereocenters. The largest absolute Gasteiger partial charge is 1.00 e. The van der Waals surface area contributed by atoms with Crippen LogP contribution in [0.3, 0.4) is 0 Å². The summed E-state index contributed by atoms with van der Waals surface area (Å²) in [6.07, 6.45) is 17.1. The molecule has 0 amide bonds. The summed E-state index contributed by atoms with van der Waals surface area (Å²) in [4.78, 5) is 0. The minimum atomic E-state index is 0. The van der Waals surface area contributed by atoms with E-state index in [1.165, 1.54) is 99.9 Å². The molecule has 0 aromatic heterocycles. The van der Waals surface area contributed by atoms with Crippen LogP contribution in [-0.4, -0.2) is 25.1 Å². The molecular weight excluding hydrogens is 374 g/mol. The Morgan fingerprint density at radius 3 is 1.72 bits per heavy atom. The maximum atomic E-state index is 2.38. The predicted molar refractivity (Wildman–Crippen MR) is 126 cm³/mol. The summed E-state index contributed by atoms with van der Waals surface area (Å²) in [5.74, 6) is 0. The summed E-state index contributed by atoms with van der Waals surface area (Å²) in [7, 11) is 4.77. The zero-order valence-corrected chi connectivity index (χ0v) is 20.0. The van der Waals surface area contributed by atoms with E-state index < -0.39 is 0 Å². The van der Waals surface area contributed by atoms with E-state index in [1.807, 2.05) is 0 Å². The van der Waals surface area contributed by atoms with Gasteiger partial charge in [0, 0.05) is 5.56 Å². The molecule has 0 radical (unpaired) electrons. The van der Waals surface area contributed by atoms with Crippen LogP contribution in [0.1, 0.15) is 89.5 Å². The Morgan fingerprint density at radius 2 is 1.14 bits per heavy atom. The highest BCUT2D eigenvalue weighted by Gasteiger charge is 2.15. The molecule has 2 aromatic rings. The van der Waals surface area contributed by atoms with Gasteiger partial charge in [-0.25, -0.2) is 0 Å². The van der Waals surface area contributed by atoms with Crippen LogP contribution < -0.4 is 12.4 Å². The molecule has 0 bridgehead atoms. The number of rotatable bonds is 15. The van der Waals surface area contributed by atoms with Gasteiger partial charge in [-0.1, -0.05) is 108 Å². The number of benzene rings is 2. The molecule has 0 aliphatic carbocycles. The van der Waals surface area contributed by atoms with Crippen molar-refractivity contribution in [3.63, 3.8) is 0 Å². The second kappa shape index (κ2) is 14.9. The zero-order chi connectivity index (χ0) is 20.1. The highest BCUT2D eigenvalue weighted by Crippen LogP contribution is 2.19. The van der Waals surface area contributed by atoms with Crippen LogP contribution >= 0.6 is 0 Å². The second-order valence-electron chi connectivity index (χ2n) is 9.39. The lowest BCUT2D eigenvalue weighted by atomic mass is 10.0. The number of unbranched alkanes of at least 4 members (excludes halogenated alkanes) is 11. The summed E-state index contributed by atoms with van der Waals surface area (Å²) in [5, 5.41) is 2.71. The molecule has 2 aromatic carbocycles. The topological polar surface area (TPSA) is 0 Å². The smallest absolute Gasteiger partial charge is 0.104 e. The quantitative estimate of drug-likeness (QED) is 0.278. The molecule has 0 saturated carbocycles. The van der Waals surface area contributed by atoms with E-state index in [-0.39, 0.29) is 12.4 Å². The highest BCUT2D eigenvalue weighted by molar-refractivity contribution is 5.82. The fourth-order valence-electron chi connectivity index (χ4n) is 4.29. The number of fused-ring (bicyclic) bond motifs is 1. The van der Waals surface area contributed by atoms with Crippen molar-refractivity contribution in [1.82, 2.24) is 0 Å². The molecule has 0 aliphatic heterocycles. The fraction of sp³-hybridized carbons (Fsp3) is 0.630. The third-order valence-electron chi connectivity index (χ3n) is 6.04. The van der Waals surface area contributed by atoms with Gasteiger partial charge in [-0.05, 0) is 29.7 Å². The van der Waals surface area contributed by atoms with E-state index in [0.29, 0.717) is 0 Å². The number of nitrogens with zero attached hydrogens (tertiary/aromatic N) is 1. The lowest BCUT2D eigenvalue weighted by Crippen LogP contribution is -3.00. The van der Waals surface area contributed by atoms with E-state index in [2.05, 4.69) is 63.5 Å². The first-order chi connectivity index (χ1) is 13.6. The molecule has 0 fully saturated rings. The van der Waals surface area contributed by atoms with Crippen molar-refractivity contribution in [2.75, 3.05) is 20.6 Å². The van der Waals surface area contributed by atoms with Gasteiger partial charge in [0.25, 0.3) is 0 Å². The third-order valence-corrected chi connectivity index (χ3v) is 6.04. The average molecular weight is 418 g/mol. The van der Waals surface area contributed by atoms with Crippen molar-refractivity contribution in [1.29, 1.82) is 0 Å².